The van der Waals surface area contributed by atoms with Gasteiger partial charge in [-0.05, 0) is 37.6 Å². The van der Waals surface area contributed by atoms with Gasteiger partial charge in [-0.1, -0.05) is 0 Å². The zero-order valence-corrected chi connectivity index (χ0v) is 15.2. The van der Waals surface area contributed by atoms with E-state index in [-0.39, 0.29) is 19.0 Å². The van der Waals surface area contributed by atoms with Gasteiger partial charge in [0.2, 0.25) is 0 Å². The van der Waals surface area contributed by atoms with Crippen LogP contribution in [0.25, 0.3) is 5.82 Å². The van der Waals surface area contributed by atoms with Gasteiger partial charge >= 0.3 is 0 Å². The zero-order valence-electron chi connectivity index (χ0n) is 14.4. The molecule has 3 rings (SSSR count). The number of aryl methyl sites for hydroxylation is 1. The van der Waals surface area contributed by atoms with Crippen molar-refractivity contribution in [2.24, 2.45) is 0 Å². The van der Waals surface area contributed by atoms with E-state index in [9.17, 15) is 0 Å². The zero-order chi connectivity index (χ0) is 16.9. The van der Waals surface area contributed by atoms with Crippen molar-refractivity contribution >= 4 is 12.4 Å². The Labute approximate surface area is 153 Å². The summed E-state index contributed by atoms with van der Waals surface area (Å²) in [5.74, 6) is 0.808. The molecule has 0 saturated carbocycles. The molecule has 0 fully saturated rings. The molecule has 0 aliphatic rings. The Morgan fingerprint density at radius 2 is 2.04 bits per heavy atom. The number of nitrogens with zero attached hydrogens (tertiary/aromatic N) is 5. The fourth-order valence-electron chi connectivity index (χ4n) is 2.73. The number of hydrogen-bond donors (Lipinski definition) is 2. The van der Waals surface area contributed by atoms with Crippen LogP contribution in [0.1, 0.15) is 22.5 Å². The van der Waals surface area contributed by atoms with Crippen molar-refractivity contribution in [1.82, 2.24) is 29.9 Å². The first-order valence-corrected chi connectivity index (χ1v) is 7.98. The lowest BCUT2D eigenvalue weighted by Crippen LogP contribution is -2.14. The number of pyridine rings is 1. The Kier molecular flexibility index (Phi) is 6.69. The molecule has 134 valence electrons. The summed E-state index contributed by atoms with van der Waals surface area (Å²) in [6, 6.07) is 5.89. The number of aliphatic hydroxyl groups is 1. The molecule has 3 heterocycles. The van der Waals surface area contributed by atoms with E-state index in [0.29, 0.717) is 6.54 Å². The minimum absolute atomic E-state index is 0. The molecule has 0 unspecified atom stereocenters. The van der Waals surface area contributed by atoms with Crippen LogP contribution < -0.4 is 5.32 Å². The molecule has 2 N–H and O–H groups in total. The lowest BCUT2D eigenvalue weighted by Gasteiger charge is -2.08. The van der Waals surface area contributed by atoms with Crippen molar-refractivity contribution in [1.29, 1.82) is 0 Å². The Morgan fingerprint density at radius 3 is 2.76 bits per heavy atom. The number of nitrogens with one attached hydrogen (secondary N) is 1. The largest absolute Gasteiger partial charge is 0.394 e. The van der Waals surface area contributed by atoms with Crippen LogP contribution in [0.5, 0.6) is 0 Å². The summed E-state index contributed by atoms with van der Waals surface area (Å²) < 4.78 is 3.60. The second-order valence-corrected chi connectivity index (χ2v) is 5.67. The fraction of sp³-hybridized carbons (Fsp3) is 0.353. The van der Waals surface area contributed by atoms with E-state index in [2.05, 4.69) is 20.5 Å². The third-order valence-electron chi connectivity index (χ3n) is 4.02. The smallest absolute Gasteiger partial charge is 0.153 e. The summed E-state index contributed by atoms with van der Waals surface area (Å²) in [7, 11) is 0. The van der Waals surface area contributed by atoms with Crippen molar-refractivity contribution in [3.63, 3.8) is 0 Å². The van der Waals surface area contributed by atoms with Gasteiger partial charge in [-0.2, -0.15) is 10.2 Å². The quantitative estimate of drug-likeness (QED) is 0.669. The molecule has 0 atom stereocenters. The highest BCUT2D eigenvalue weighted by Gasteiger charge is 2.10. The van der Waals surface area contributed by atoms with Gasteiger partial charge in [0.25, 0.3) is 0 Å². The average molecular weight is 363 g/mol. The van der Waals surface area contributed by atoms with Crippen LogP contribution in [-0.4, -0.2) is 36.3 Å². The van der Waals surface area contributed by atoms with E-state index in [4.69, 9.17) is 5.11 Å². The minimum atomic E-state index is 0. The molecule has 3 aromatic rings. The molecular formula is C17H23ClN6O. The van der Waals surface area contributed by atoms with Crippen LogP contribution in [0.3, 0.4) is 0 Å². The van der Waals surface area contributed by atoms with Crippen LogP contribution in [0.4, 0.5) is 0 Å². The third kappa shape index (κ3) is 4.45. The van der Waals surface area contributed by atoms with Gasteiger partial charge in [-0.25, -0.2) is 9.67 Å². The van der Waals surface area contributed by atoms with Crippen molar-refractivity contribution in [3.8, 4) is 5.82 Å². The molecule has 0 radical (unpaired) electrons. The number of aromatic nitrogens is 5. The van der Waals surface area contributed by atoms with Gasteiger partial charge in [-0.3, -0.25) is 4.68 Å². The number of aliphatic hydroxyl groups excluding tert-OH is 1. The van der Waals surface area contributed by atoms with Crippen LogP contribution in [0.15, 0.2) is 36.8 Å². The molecule has 3 aromatic heterocycles. The normalized spacial score (nSPS) is 10.7. The van der Waals surface area contributed by atoms with Gasteiger partial charge < -0.3 is 10.4 Å². The Bertz CT molecular complexity index is 800. The first kappa shape index (κ1) is 19.1. The first-order chi connectivity index (χ1) is 11.7. The monoisotopic (exact) mass is 362 g/mol. The summed E-state index contributed by atoms with van der Waals surface area (Å²) >= 11 is 0. The highest BCUT2D eigenvalue weighted by atomic mass is 35.5. The van der Waals surface area contributed by atoms with Gasteiger partial charge in [0.05, 0.1) is 18.8 Å². The van der Waals surface area contributed by atoms with Gasteiger partial charge in [0.1, 0.15) is 0 Å². The number of hydrogen-bond acceptors (Lipinski definition) is 5. The molecule has 0 aliphatic heterocycles. The molecule has 25 heavy (non-hydrogen) atoms. The first-order valence-electron chi connectivity index (χ1n) is 7.98. The fourth-order valence-corrected chi connectivity index (χ4v) is 2.73. The molecule has 0 saturated heterocycles. The average Bonchev–Trinajstić information content (AvgIpc) is 3.20. The minimum Gasteiger partial charge on any atom is -0.394 e. The molecule has 7 nitrogen and oxygen atoms in total. The maximum absolute atomic E-state index is 9.08. The van der Waals surface area contributed by atoms with Crippen molar-refractivity contribution in [2.75, 3.05) is 6.61 Å². The topological polar surface area (TPSA) is 80.8 Å². The highest BCUT2D eigenvalue weighted by Crippen LogP contribution is 2.13. The van der Waals surface area contributed by atoms with Crippen LogP contribution in [0, 0.1) is 13.8 Å². The lowest BCUT2D eigenvalue weighted by atomic mass is 10.2. The SMILES string of the molecule is Cc1nn(CCO)c(C)c1CNCc1ccnc(-n2cccn2)c1.Cl. The van der Waals surface area contributed by atoms with Gasteiger partial charge in [-0.15, -0.1) is 12.4 Å². The van der Waals surface area contributed by atoms with E-state index in [0.717, 1.165) is 35.9 Å². The molecule has 0 spiro atoms. The molecule has 0 aromatic carbocycles. The number of halogens is 1. The van der Waals surface area contributed by atoms with Crippen LogP contribution in [-0.2, 0) is 19.6 Å². The van der Waals surface area contributed by atoms with Gasteiger partial charge in [0, 0.05) is 42.9 Å². The Hall–Kier alpha value is -2.22. The van der Waals surface area contributed by atoms with E-state index in [1.807, 2.05) is 42.9 Å². The summed E-state index contributed by atoms with van der Waals surface area (Å²) in [5, 5.41) is 21.2. The predicted octanol–water partition coefficient (Wildman–Crippen LogP) is 1.78. The summed E-state index contributed by atoms with van der Waals surface area (Å²) in [4.78, 5) is 4.34. The molecule has 8 heteroatoms. The molecule has 0 amide bonds. The summed E-state index contributed by atoms with van der Waals surface area (Å²) in [6.07, 6.45) is 5.41. The van der Waals surface area contributed by atoms with E-state index in [1.54, 1.807) is 17.1 Å². The highest BCUT2D eigenvalue weighted by molar-refractivity contribution is 5.85. The second-order valence-electron chi connectivity index (χ2n) is 5.67. The van der Waals surface area contributed by atoms with E-state index < -0.39 is 0 Å². The summed E-state index contributed by atoms with van der Waals surface area (Å²) in [6.45, 7) is 6.14. The van der Waals surface area contributed by atoms with E-state index in [1.165, 1.54) is 5.56 Å². The number of rotatable bonds is 7. The third-order valence-corrected chi connectivity index (χ3v) is 4.02. The van der Waals surface area contributed by atoms with Crippen LogP contribution in [0.2, 0.25) is 0 Å². The lowest BCUT2D eigenvalue weighted by molar-refractivity contribution is 0.267. The summed E-state index contributed by atoms with van der Waals surface area (Å²) in [5.41, 5.74) is 4.43. The van der Waals surface area contributed by atoms with Gasteiger partial charge in [0.15, 0.2) is 5.82 Å². The molecule has 0 aliphatic carbocycles. The van der Waals surface area contributed by atoms with Crippen LogP contribution >= 0.6 is 12.4 Å². The Balaban J connectivity index is 0.00000225. The predicted molar refractivity (Wildman–Crippen MR) is 97.9 cm³/mol. The maximum atomic E-state index is 9.08. The van der Waals surface area contributed by atoms with E-state index >= 15 is 0 Å². The molecular weight excluding hydrogens is 340 g/mol. The van der Waals surface area contributed by atoms with Crippen molar-refractivity contribution in [2.45, 2.75) is 33.5 Å². The van der Waals surface area contributed by atoms with Crippen molar-refractivity contribution in [3.05, 3.63) is 59.3 Å². The standard InChI is InChI=1S/C17H22N6O.ClH/c1-13-16(14(2)22(21-13)8-9-24)12-18-11-15-4-6-19-17(10-15)23-7-3-5-20-23;/h3-7,10,18,24H,8-9,11-12H2,1-2H3;1H. The molecule has 0 bridgehead atoms. The Morgan fingerprint density at radius 1 is 1.20 bits per heavy atom. The van der Waals surface area contributed by atoms with Crippen molar-refractivity contribution < 1.29 is 5.11 Å². The second kappa shape index (κ2) is 8.75. The maximum Gasteiger partial charge on any atom is 0.153 e.